The van der Waals surface area contributed by atoms with Gasteiger partial charge in [-0.1, -0.05) is 0 Å². The highest BCUT2D eigenvalue weighted by atomic mass is 16.5. The first-order valence-electron chi connectivity index (χ1n) is 5.31. The van der Waals surface area contributed by atoms with Crippen molar-refractivity contribution in [3.63, 3.8) is 0 Å². The third-order valence-electron chi connectivity index (χ3n) is 2.66. The SMILES string of the molecule is COc1cc(CNC2CCNC2)ccn1. The number of nitrogens with zero attached hydrogens (tertiary/aromatic N) is 1. The smallest absolute Gasteiger partial charge is 0.213 e. The minimum atomic E-state index is 0.601. The van der Waals surface area contributed by atoms with Gasteiger partial charge in [0.2, 0.25) is 5.88 Å². The van der Waals surface area contributed by atoms with Crippen LogP contribution in [0.2, 0.25) is 0 Å². The minimum absolute atomic E-state index is 0.601. The Morgan fingerprint density at radius 2 is 2.60 bits per heavy atom. The van der Waals surface area contributed by atoms with Gasteiger partial charge in [-0.25, -0.2) is 4.98 Å². The maximum atomic E-state index is 5.08. The van der Waals surface area contributed by atoms with E-state index in [0.29, 0.717) is 11.9 Å². The number of aromatic nitrogens is 1. The Labute approximate surface area is 90.0 Å². The van der Waals surface area contributed by atoms with Crippen LogP contribution < -0.4 is 15.4 Å². The molecule has 1 atom stereocenters. The molecule has 1 aromatic heterocycles. The Kier molecular flexibility index (Phi) is 3.53. The van der Waals surface area contributed by atoms with Gasteiger partial charge in [0.1, 0.15) is 0 Å². The first kappa shape index (κ1) is 10.4. The zero-order valence-corrected chi connectivity index (χ0v) is 8.99. The van der Waals surface area contributed by atoms with E-state index in [1.54, 1.807) is 13.3 Å². The fourth-order valence-electron chi connectivity index (χ4n) is 1.76. The van der Waals surface area contributed by atoms with Gasteiger partial charge in [0, 0.05) is 31.4 Å². The Hall–Kier alpha value is -1.13. The molecule has 1 unspecified atom stereocenters. The van der Waals surface area contributed by atoms with Crippen molar-refractivity contribution in [3.05, 3.63) is 23.9 Å². The summed E-state index contributed by atoms with van der Waals surface area (Å²) in [7, 11) is 1.64. The highest BCUT2D eigenvalue weighted by Crippen LogP contribution is 2.09. The second-order valence-electron chi connectivity index (χ2n) is 3.78. The number of hydrogen-bond donors (Lipinski definition) is 2. The molecule has 15 heavy (non-hydrogen) atoms. The maximum absolute atomic E-state index is 5.08. The van der Waals surface area contributed by atoms with Gasteiger partial charge in [-0.3, -0.25) is 0 Å². The molecule has 0 aliphatic carbocycles. The van der Waals surface area contributed by atoms with Crippen LogP contribution in [-0.4, -0.2) is 31.2 Å². The van der Waals surface area contributed by atoms with Crippen LogP contribution in [0.1, 0.15) is 12.0 Å². The number of rotatable bonds is 4. The molecule has 1 saturated heterocycles. The van der Waals surface area contributed by atoms with Gasteiger partial charge in [-0.2, -0.15) is 0 Å². The Bertz CT molecular complexity index is 310. The number of pyridine rings is 1. The lowest BCUT2D eigenvalue weighted by Crippen LogP contribution is -2.30. The fourth-order valence-corrected chi connectivity index (χ4v) is 1.76. The molecule has 4 nitrogen and oxygen atoms in total. The van der Waals surface area contributed by atoms with Gasteiger partial charge >= 0.3 is 0 Å². The summed E-state index contributed by atoms with van der Waals surface area (Å²) in [4.78, 5) is 4.08. The largest absolute Gasteiger partial charge is 0.481 e. The third-order valence-corrected chi connectivity index (χ3v) is 2.66. The lowest BCUT2D eigenvalue weighted by Gasteiger charge is -2.11. The van der Waals surface area contributed by atoms with Crippen molar-refractivity contribution in [2.45, 2.75) is 19.0 Å². The molecule has 0 amide bonds. The monoisotopic (exact) mass is 207 g/mol. The quantitative estimate of drug-likeness (QED) is 0.756. The molecule has 82 valence electrons. The summed E-state index contributed by atoms with van der Waals surface area (Å²) in [6.45, 7) is 3.07. The van der Waals surface area contributed by atoms with Crippen LogP contribution in [0.15, 0.2) is 18.3 Å². The molecule has 0 bridgehead atoms. The highest BCUT2D eigenvalue weighted by Gasteiger charge is 2.12. The molecule has 1 aliphatic rings. The average Bonchev–Trinajstić information content (AvgIpc) is 2.79. The molecule has 1 aliphatic heterocycles. The number of methoxy groups -OCH3 is 1. The first-order valence-corrected chi connectivity index (χ1v) is 5.31. The van der Waals surface area contributed by atoms with Gasteiger partial charge in [0.05, 0.1) is 7.11 Å². The molecule has 1 fully saturated rings. The predicted molar refractivity (Wildman–Crippen MR) is 58.9 cm³/mol. The summed E-state index contributed by atoms with van der Waals surface area (Å²) < 4.78 is 5.08. The van der Waals surface area contributed by atoms with Crippen LogP contribution in [0.25, 0.3) is 0 Å². The first-order chi connectivity index (χ1) is 7.38. The van der Waals surface area contributed by atoms with Crippen LogP contribution in [0.4, 0.5) is 0 Å². The van der Waals surface area contributed by atoms with Gasteiger partial charge in [-0.05, 0) is 24.6 Å². The molecule has 4 heteroatoms. The van der Waals surface area contributed by atoms with Crippen LogP contribution in [-0.2, 0) is 6.54 Å². The van der Waals surface area contributed by atoms with E-state index in [1.165, 1.54) is 12.0 Å². The Morgan fingerprint density at radius 3 is 3.33 bits per heavy atom. The second kappa shape index (κ2) is 5.09. The van der Waals surface area contributed by atoms with E-state index in [1.807, 2.05) is 12.1 Å². The predicted octanol–water partition coefficient (Wildman–Crippen LogP) is 0.542. The molecule has 2 rings (SSSR count). The Balaban J connectivity index is 1.86. The maximum Gasteiger partial charge on any atom is 0.213 e. The lowest BCUT2D eigenvalue weighted by atomic mass is 10.2. The topological polar surface area (TPSA) is 46.2 Å². The highest BCUT2D eigenvalue weighted by molar-refractivity contribution is 5.20. The molecular formula is C11H17N3O. The Morgan fingerprint density at radius 1 is 1.67 bits per heavy atom. The van der Waals surface area contributed by atoms with Crippen LogP contribution in [0.3, 0.4) is 0 Å². The molecule has 1 aromatic rings. The number of hydrogen-bond acceptors (Lipinski definition) is 4. The van der Waals surface area contributed by atoms with Gasteiger partial charge < -0.3 is 15.4 Å². The number of nitrogens with one attached hydrogen (secondary N) is 2. The van der Waals surface area contributed by atoms with Crippen LogP contribution >= 0.6 is 0 Å². The molecule has 0 spiro atoms. The van der Waals surface area contributed by atoms with Crippen molar-refractivity contribution in [3.8, 4) is 5.88 Å². The summed E-state index contributed by atoms with van der Waals surface area (Å²) in [5.41, 5.74) is 1.22. The standard InChI is InChI=1S/C11H17N3O/c1-15-11-6-9(2-5-13-11)7-14-10-3-4-12-8-10/h2,5-6,10,12,14H,3-4,7-8H2,1H3. The molecule has 0 aromatic carbocycles. The molecule has 2 N–H and O–H groups in total. The lowest BCUT2D eigenvalue weighted by molar-refractivity contribution is 0.397. The van der Waals surface area contributed by atoms with Crippen molar-refractivity contribution in [1.29, 1.82) is 0 Å². The zero-order valence-electron chi connectivity index (χ0n) is 8.99. The zero-order chi connectivity index (χ0) is 10.5. The second-order valence-corrected chi connectivity index (χ2v) is 3.78. The summed E-state index contributed by atoms with van der Waals surface area (Å²) >= 11 is 0. The van der Waals surface area contributed by atoms with Crippen molar-refractivity contribution in [2.24, 2.45) is 0 Å². The molecular weight excluding hydrogens is 190 g/mol. The van der Waals surface area contributed by atoms with E-state index in [-0.39, 0.29) is 0 Å². The molecule has 2 heterocycles. The van der Waals surface area contributed by atoms with E-state index >= 15 is 0 Å². The van der Waals surface area contributed by atoms with Crippen molar-refractivity contribution in [1.82, 2.24) is 15.6 Å². The summed E-state index contributed by atoms with van der Waals surface area (Å²) in [6.07, 6.45) is 2.99. The van der Waals surface area contributed by atoms with Gasteiger partial charge in [0.15, 0.2) is 0 Å². The summed E-state index contributed by atoms with van der Waals surface area (Å²) in [6, 6.07) is 4.58. The summed E-state index contributed by atoms with van der Waals surface area (Å²) in [5, 5.41) is 6.83. The van der Waals surface area contributed by atoms with Gasteiger partial charge in [0.25, 0.3) is 0 Å². The third kappa shape index (κ3) is 2.91. The van der Waals surface area contributed by atoms with E-state index in [4.69, 9.17) is 4.74 Å². The van der Waals surface area contributed by atoms with E-state index in [9.17, 15) is 0 Å². The van der Waals surface area contributed by atoms with Gasteiger partial charge in [-0.15, -0.1) is 0 Å². The van der Waals surface area contributed by atoms with Crippen molar-refractivity contribution in [2.75, 3.05) is 20.2 Å². The summed E-state index contributed by atoms with van der Waals surface area (Å²) in [5.74, 6) is 0.679. The average molecular weight is 207 g/mol. The van der Waals surface area contributed by atoms with Crippen molar-refractivity contribution >= 4 is 0 Å². The minimum Gasteiger partial charge on any atom is -0.481 e. The molecule has 0 radical (unpaired) electrons. The van der Waals surface area contributed by atoms with Crippen molar-refractivity contribution < 1.29 is 4.74 Å². The van der Waals surface area contributed by atoms with E-state index < -0.39 is 0 Å². The molecule has 0 saturated carbocycles. The van der Waals surface area contributed by atoms with Crippen LogP contribution in [0.5, 0.6) is 5.88 Å². The fraction of sp³-hybridized carbons (Fsp3) is 0.545. The van der Waals surface area contributed by atoms with Crippen LogP contribution in [0, 0.1) is 0 Å². The van der Waals surface area contributed by atoms with E-state index in [0.717, 1.165) is 19.6 Å². The number of ether oxygens (including phenoxy) is 1. The normalized spacial score (nSPS) is 20.5. The van der Waals surface area contributed by atoms with E-state index in [2.05, 4.69) is 15.6 Å².